The number of Topliss-reactive ketones (excluding diaryl/α,β-unsaturated/α-hetero) is 1. The highest BCUT2D eigenvalue weighted by atomic mass is 35.5. The van der Waals surface area contributed by atoms with E-state index in [1.54, 1.807) is 0 Å². The lowest BCUT2D eigenvalue weighted by molar-refractivity contribution is -0.112. The number of likely N-dealkylation sites (tertiary alicyclic amines) is 4. The van der Waals surface area contributed by atoms with Crippen LogP contribution in [0.15, 0.2) is 35.4 Å². The molecule has 2 aromatic carbocycles. The number of piperidine rings is 5. The van der Waals surface area contributed by atoms with Gasteiger partial charge in [-0.05, 0) is 151 Å². The van der Waals surface area contributed by atoms with E-state index < -0.39 is 0 Å². The van der Waals surface area contributed by atoms with Crippen molar-refractivity contribution in [2.24, 2.45) is 0 Å². The van der Waals surface area contributed by atoms with Gasteiger partial charge in [0.25, 0.3) is 0 Å². The summed E-state index contributed by atoms with van der Waals surface area (Å²) >= 11 is 0. The number of carbonyl (C=O) groups is 1. The second-order valence-corrected chi connectivity index (χ2v) is 16.0. The summed E-state index contributed by atoms with van der Waals surface area (Å²) in [4.78, 5) is 24.0. The molecule has 0 radical (unpaired) electrons. The predicted molar refractivity (Wildman–Crippen MR) is 243 cm³/mol. The van der Waals surface area contributed by atoms with E-state index in [0.717, 1.165) is 123 Å². The molecule has 0 aromatic heterocycles. The number of hydrogen-bond donors (Lipinski definition) is 3. The average molecular weight is 878 g/mol. The van der Waals surface area contributed by atoms with E-state index >= 15 is 0 Å². The largest absolute Gasteiger partial charge is 0.507 e. The number of phenolic OH excluding ortho intramolecular Hbond substituents is 2. The van der Waals surface area contributed by atoms with Gasteiger partial charge in [0.15, 0.2) is 5.78 Å². The SMILES string of the molecule is Cl.Cl.Cl.Cl.Cl.O=C1C(=Cc2cc(CN3CCCCC3)c(O)c(CN3CCCCC3)c2)CNCC1=Cc1cc(CN2CCCCC2)c(O)c(CN2CCCCC2)c1. The maximum Gasteiger partial charge on any atom is 0.187 e. The summed E-state index contributed by atoms with van der Waals surface area (Å²) in [5.74, 6) is 0.935. The number of carbonyl (C=O) groups excluding carboxylic acids is 1. The highest BCUT2D eigenvalue weighted by molar-refractivity contribution is 6.14. The molecule has 0 unspecified atom stereocenters. The van der Waals surface area contributed by atoms with Crippen LogP contribution in [0.5, 0.6) is 11.5 Å². The first-order valence-electron chi connectivity index (χ1n) is 20.2. The van der Waals surface area contributed by atoms with Crippen LogP contribution in [0.25, 0.3) is 12.2 Å². The smallest absolute Gasteiger partial charge is 0.187 e. The van der Waals surface area contributed by atoms with Gasteiger partial charge in [0, 0.05) is 72.7 Å². The molecule has 0 saturated carbocycles. The predicted octanol–water partition coefficient (Wildman–Crippen LogP) is 8.79. The molecule has 7 rings (SSSR count). The van der Waals surface area contributed by atoms with Gasteiger partial charge < -0.3 is 15.5 Å². The van der Waals surface area contributed by atoms with E-state index in [0.29, 0.717) is 24.6 Å². The van der Waals surface area contributed by atoms with Crippen LogP contribution < -0.4 is 5.32 Å². The van der Waals surface area contributed by atoms with Gasteiger partial charge in [0.1, 0.15) is 11.5 Å². The second-order valence-electron chi connectivity index (χ2n) is 16.0. The van der Waals surface area contributed by atoms with Gasteiger partial charge >= 0.3 is 0 Å². The van der Waals surface area contributed by atoms with Crippen LogP contribution in [0.3, 0.4) is 0 Å². The highest BCUT2D eigenvalue weighted by Gasteiger charge is 2.24. The fraction of sp³-hybridized carbons (Fsp3) is 0.605. The van der Waals surface area contributed by atoms with Gasteiger partial charge in [-0.3, -0.25) is 24.4 Å². The number of halogens is 5. The zero-order chi connectivity index (χ0) is 35.0. The summed E-state index contributed by atoms with van der Waals surface area (Å²) in [6, 6.07) is 8.45. The van der Waals surface area contributed by atoms with Crippen LogP contribution in [-0.4, -0.2) is 101 Å². The molecule has 0 amide bonds. The number of phenols is 2. The fourth-order valence-corrected chi connectivity index (χ4v) is 8.99. The van der Waals surface area contributed by atoms with Gasteiger partial charge in [-0.1, -0.05) is 25.7 Å². The molecule has 13 heteroatoms. The number of ketones is 1. The Kier molecular flexibility index (Phi) is 22.7. The molecular formula is C43H66Cl5N5O3. The van der Waals surface area contributed by atoms with Gasteiger partial charge in [-0.15, -0.1) is 62.0 Å². The fourth-order valence-electron chi connectivity index (χ4n) is 8.99. The zero-order valence-corrected chi connectivity index (χ0v) is 37.1. The lowest BCUT2D eigenvalue weighted by atomic mass is 9.93. The molecule has 0 bridgehead atoms. The van der Waals surface area contributed by atoms with E-state index in [4.69, 9.17) is 0 Å². The minimum absolute atomic E-state index is 0. The Labute approximate surface area is 366 Å². The van der Waals surface area contributed by atoms with Crippen LogP contribution in [0.1, 0.15) is 110 Å². The number of benzene rings is 2. The van der Waals surface area contributed by atoms with E-state index in [-0.39, 0.29) is 67.8 Å². The number of rotatable bonds is 10. The first kappa shape index (κ1) is 50.6. The van der Waals surface area contributed by atoms with Crippen LogP contribution in [0, 0.1) is 0 Å². The minimum Gasteiger partial charge on any atom is -0.507 e. The monoisotopic (exact) mass is 875 g/mol. The molecule has 5 fully saturated rings. The summed E-state index contributed by atoms with van der Waals surface area (Å²) in [5, 5.41) is 26.6. The Morgan fingerprint density at radius 2 is 0.696 bits per heavy atom. The van der Waals surface area contributed by atoms with Crippen LogP contribution in [0.4, 0.5) is 0 Å². The molecule has 5 heterocycles. The standard InChI is InChI=1S/C43H61N5O3.5ClH/c49-41-35(21-33-23-37(29-45-13-5-1-6-14-45)42(50)38(24-33)30-46-15-7-2-8-16-46)27-44-28-36(41)22-34-25-39(31-47-17-9-3-10-18-47)43(51)40(26-34)32-48-19-11-4-12-20-48;;;;;/h21-26,44,50-51H,1-20,27-32H2;5*1H. The van der Waals surface area contributed by atoms with Crippen molar-refractivity contribution in [3.63, 3.8) is 0 Å². The third-order valence-corrected chi connectivity index (χ3v) is 11.8. The average Bonchev–Trinajstić information content (AvgIpc) is 3.15. The molecule has 8 nitrogen and oxygen atoms in total. The van der Waals surface area contributed by atoms with Crippen molar-refractivity contribution in [3.05, 3.63) is 68.8 Å². The lowest BCUT2D eigenvalue weighted by Crippen LogP contribution is -2.33. The zero-order valence-electron chi connectivity index (χ0n) is 33.0. The molecule has 5 aliphatic rings. The highest BCUT2D eigenvalue weighted by Crippen LogP contribution is 2.33. The maximum atomic E-state index is 14.2. The van der Waals surface area contributed by atoms with Gasteiger partial charge in [-0.2, -0.15) is 0 Å². The van der Waals surface area contributed by atoms with Crippen molar-refractivity contribution < 1.29 is 15.0 Å². The van der Waals surface area contributed by atoms with Crippen molar-refractivity contribution in [2.75, 3.05) is 65.4 Å². The summed E-state index contributed by atoms with van der Waals surface area (Å²) < 4.78 is 0. The molecule has 5 saturated heterocycles. The Morgan fingerprint density at radius 1 is 0.446 bits per heavy atom. The summed E-state index contributed by atoms with van der Waals surface area (Å²) in [6.45, 7) is 12.6. The Hall–Kier alpha value is -1.56. The second kappa shape index (κ2) is 25.2. The molecule has 0 aliphatic carbocycles. The van der Waals surface area contributed by atoms with Crippen LogP contribution in [-0.2, 0) is 31.0 Å². The number of nitrogens with zero attached hydrogens (tertiary/aromatic N) is 4. The Bertz CT molecular complexity index is 1390. The minimum atomic E-state index is 0. The van der Waals surface area contributed by atoms with Gasteiger partial charge in [0.05, 0.1) is 0 Å². The quantitative estimate of drug-likeness (QED) is 0.205. The molecule has 0 spiro atoms. The first-order chi connectivity index (χ1) is 25.0. The van der Waals surface area contributed by atoms with E-state index in [2.05, 4.69) is 61.3 Å². The van der Waals surface area contributed by atoms with Crippen molar-refractivity contribution in [1.82, 2.24) is 24.9 Å². The first-order valence-corrected chi connectivity index (χ1v) is 20.2. The molecule has 0 atom stereocenters. The third-order valence-electron chi connectivity index (χ3n) is 11.8. The molecule has 316 valence electrons. The summed E-state index contributed by atoms with van der Waals surface area (Å²) in [7, 11) is 0. The van der Waals surface area contributed by atoms with Crippen LogP contribution in [0.2, 0.25) is 0 Å². The molecule has 3 N–H and O–H groups in total. The number of nitrogens with one attached hydrogen (secondary N) is 1. The van der Waals surface area contributed by atoms with Crippen molar-refractivity contribution in [1.29, 1.82) is 0 Å². The Morgan fingerprint density at radius 3 is 0.946 bits per heavy atom. The van der Waals surface area contributed by atoms with E-state index in [1.165, 1.54) is 77.0 Å². The summed E-state index contributed by atoms with van der Waals surface area (Å²) in [6.07, 6.45) is 18.9. The van der Waals surface area contributed by atoms with E-state index in [1.807, 2.05) is 0 Å². The number of aromatic hydroxyl groups is 2. The van der Waals surface area contributed by atoms with Crippen LogP contribution >= 0.6 is 62.0 Å². The van der Waals surface area contributed by atoms with Gasteiger partial charge in [-0.25, -0.2) is 0 Å². The molecule has 2 aromatic rings. The molecule has 56 heavy (non-hydrogen) atoms. The summed E-state index contributed by atoms with van der Waals surface area (Å²) in [5.41, 5.74) is 7.38. The van der Waals surface area contributed by atoms with Crippen molar-refractivity contribution in [3.8, 4) is 11.5 Å². The topological polar surface area (TPSA) is 82.5 Å². The van der Waals surface area contributed by atoms with Crippen molar-refractivity contribution >= 4 is 80.0 Å². The Balaban J connectivity index is 0.00000217. The molecule has 5 aliphatic heterocycles. The van der Waals surface area contributed by atoms with Crippen molar-refractivity contribution in [2.45, 2.75) is 103 Å². The number of hydrogen-bond acceptors (Lipinski definition) is 8. The van der Waals surface area contributed by atoms with E-state index in [9.17, 15) is 15.0 Å². The molecular weight excluding hydrogens is 812 g/mol. The maximum absolute atomic E-state index is 14.2. The normalized spacial score (nSPS) is 21.6. The van der Waals surface area contributed by atoms with Gasteiger partial charge in [0.2, 0.25) is 0 Å². The lowest BCUT2D eigenvalue weighted by Gasteiger charge is -2.29. The third kappa shape index (κ3) is 13.8.